The molecule has 0 aliphatic heterocycles. The molecule has 0 bridgehead atoms. The smallest absolute Gasteiger partial charge is 0.153 e. The second-order valence-corrected chi connectivity index (χ2v) is 4.96. The van der Waals surface area contributed by atoms with Gasteiger partial charge in [-0.1, -0.05) is 6.07 Å². The number of hydrogen-bond acceptors (Lipinski definition) is 3. The molecule has 0 atom stereocenters. The van der Waals surface area contributed by atoms with E-state index in [0.29, 0.717) is 16.9 Å². The summed E-state index contributed by atoms with van der Waals surface area (Å²) in [7, 11) is 0. The summed E-state index contributed by atoms with van der Waals surface area (Å²) < 4.78 is 13.8. The maximum Gasteiger partial charge on any atom is 0.153 e. The quantitative estimate of drug-likeness (QED) is 0.745. The van der Waals surface area contributed by atoms with Crippen LogP contribution < -0.4 is 5.32 Å². The number of hydrogen-bond donors (Lipinski definition) is 2. The van der Waals surface area contributed by atoms with Crippen LogP contribution in [0.1, 0.15) is 16.7 Å². The highest BCUT2D eigenvalue weighted by Gasteiger charge is 2.12. The van der Waals surface area contributed by atoms with Crippen LogP contribution in [-0.4, -0.2) is 15.0 Å². The molecule has 0 aliphatic carbocycles. The van der Waals surface area contributed by atoms with E-state index in [1.54, 1.807) is 0 Å². The largest absolute Gasteiger partial charge is 0.343 e. The van der Waals surface area contributed by atoms with E-state index in [4.69, 9.17) is 0 Å². The van der Waals surface area contributed by atoms with Crippen LogP contribution in [0.25, 0.3) is 11.0 Å². The number of fused-ring (bicyclic) bond motifs is 1. The zero-order valence-electron chi connectivity index (χ0n) is 11.6. The molecule has 5 heteroatoms. The van der Waals surface area contributed by atoms with Crippen LogP contribution in [-0.2, 0) is 0 Å². The van der Waals surface area contributed by atoms with Crippen molar-refractivity contribution in [3.8, 4) is 0 Å². The third-order valence-corrected chi connectivity index (χ3v) is 3.52. The second kappa shape index (κ2) is 4.59. The summed E-state index contributed by atoms with van der Waals surface area (Å²) in [5, 5.41) is 3.58. The summed E-state index contributed by atoms with van der Waals surface area (Å²) in [5.74, 6) is 0.115. The van der Waals surface area contributed by atoms with E-state index in [2.05, 4.69) is 33.3 Å². The molecule has 4 nitrogen and oxygen atoms in total. The molecule has 0 amide bonds. The van der Waals surface area contributed by atoms with Gasteiger partial charge >= 0.3 is 0 Å². The van der Waals surface area contributed by atoms with E-state index in [0.717, 1.165) is 11.3 Å². The Morgan fingerprint density at radius 3 is 2.60 bits per heavy atom. The van der Waals surface area contributed by atoms with Gasteiger partial charge in [0.15, 0.2) is 5.82 Å². The molecule has 0 aliphatic rings. The molecule has 20 heavy (non-hydrogen) atoms. The lowest BCUT2D eigenvalue weighted by atomic mass is 10.0. The Morgan fingerprint density at radius 2 is 1.80 bits per heavy atom. The first-order valence-corrected chi connectivity index (χ1v) is 6.38. The Labute approximate surface area is 116 Å². The van der Waals surface area contributed by atoms with E-state index in [1.807, 2.05) is 19.9 Å². The number of nitrogens with one attached hydrogen (secondary N) is 2. The normalized spacial score (nSPS) is 11.0. The molecule has 2 aromatic heterocycles. The fourth-order valence-corrected chi connectivity index (χ4v) is 2.24. The van der Waals surface area contributed by atoms with Crippen molar-refractivity contribution in [2.24, 2.45) is 0 Å². The van der Waals surface area contributed by atoms with E-state index in [-0.39, 0.29) is 5.82 Å². The van der Waals surface area contributed by atoms with Crippen molar-refractivity contribution in [3.63, 3.8) is 0 Å². The molecule has 2 N–H and O–H groups in total. The van der Waals surface area contributed by atoms with Crippen LogP contribution in [0.15, 0.2) is 24.7 Å². The van der Waals surface area contributed by atoms with Gasteiger partial charge in [0.1, 0.15) is 17.8 Å². The fraction of sp³-hybridized carbons (Fsp3) is 0.200. The summed E-state index contributed by atoms with van der Waals surface area (Å²) in [6, 6.07) is 4.15. The maximum absolute atomic E-state index is 13.8. The number of rotatable bonds is 2. The molecular weight excluding hydrogens is 255 g/mol. The highest BCUT2D eigenvalue weighted by Crippen LogP contribution is 2.28. The average molecular weight is 270 g/mol. The standard InChI is InChI=1S/C15H15FN4/c1-8-4-10(3)12(5-9(8)2)20-15-13-11(16)6-17-14(13)18-7-19-15/h4-7H,1-3H3,(H2,17,18,19,20). The van der Waals surface area contributed by atoms with Gasteiger partial charge in [0, 0.05) is 11.9 Å². The Hall–Kier alpha value is -2.43. The van der Waals surface area contributed by atoms with E-state index in [1.165, 1.54) is 23.7 Å². The predicted molar refractivity (Wildman–Crippen MR) is 77.8 cm³/mol. The molecule has 1 aromatic carbocycles. The van der Waals surface area contributed by atoms with Crippen LogP contribution in [0.2, 0.25) is 0 Å². The maximum atomic E-state index is 13.8. The van der Waals surface area contributed by atoms with E-state index >= 15 is 0 Å². The minimum absolute atomic E-state index is 0.357. The zero-order chi connectivity index (χ0) is 14.3. The Kier molecular flexibility index (Phi) is 2.89. The first-order valence-electron chi connectivity index (χ1n) is 6.38. The molecule has 0 fully saturated rings. The highest BCUT2D eigenvalue weighted by molar-refractivity contribution is 5.89. The van der Waals surface area contributed by atoms with Crippen molar-refractivity contribution in [2.75, 3.05) is 5.32 Å². The summed E-state index contributed by atoms with van der Waals surface area (Å²) >= 11 is 0. The number of anilines is 2. The minimum atomic E-state index is -0.357. The third-order valence-electron chi connectivity index (χ3n) is 3.52. The van der Waals surface area contributed by atoms with Gasteiger partial charge in [-0.05, 0) is 43.5 Å². The molecule has 2 heterocycles. The van der Waals surface area contributed by atoms with Crippen molar-refractivity contribution in [3.05, 3.63) is 47.2 Å². The summed E-state index contributed by atoms with van der Waals surface area (Å²) in [4.78, 5) is 10.9. The number of benzene rings is 1. The third kappa shape index (κ3) is 2.01. The highest BCUT2D eigenvalue weighted by atomic mass is 19.1. The number of halogens is 1. The molecule has 102 valence electrons. The predicted octanol–water partition coefficient (Wildman–Crippen LogP) is 3.77. The lowest BCUT2D eigenvalue weighted by Crippen LogP contribution is -1.99. The van der Waals surface area contributed by atoms with E-state index in [9.17, 15) is 4.39 Å². The summed E-state index contributed by atoms with van der Waals surface area (Å²) in [6.45, 7) is 6.13. The van der Waals surface area contributed by atoms with Crippen molar-refractivity contribution < 1.29 is 4.39 Å². The topological polar surface area (TPSA) is 53.6 Å². The van der Waals surface area contributed by atoms with Gasteiger partial charge in [0.2, 0.25) is 0 Å². The summed E-state index contributed by atoms with van der Waals surface area (Å²) in [5.41, 5.74) is 4.91. The first kappa shape index (κ1) is 12.6. The van der Waals surface area contributed by atoms with Crippen LogP contribution in [0.4, 0.5) is 15.9 Å². The Balaban J connectivity index is 2.10. The van der Waals surface area contributed by atoms with Gasteiger partial charge in [-0.15, -0.1) is 0 Å². The van der Waals surface area contributed by atoms with Crippen molar-refractivity contribution in [1.82, 2.24) is 15.0 Å². The molecule has 0 unspecified atom stereocenters. The first-order chi connectivity index (χ1) is 9.56. The minimum Gasteiger partial charge on any atom is -0.343 e. The lowest BCUT2D eigenvalue weighted by Gasteiger charge is -2.12. The Morgan fingerprint density at radius 1 is 1.05 bits per heavy atom. The van der Waals surface area contributed by atoms with Crippen molar-refractivity contribution >= 4 is 22.5 Å². The molecule has 3 rings (SSSR count). The van der Waals surface area contributed by atoms with Gasteiger partial charge in [-0.3, -0.25) is 0 Å². The molecule has 0 radical (unpaired) electrons. The van der Waals surface area contributed by atoms with Crippen LogP contribution in [0, 0.1) is 26.6 Å². The fourth-order valence-electron chi connectivity index (χ4n) is 2.24. The van der Waals surface area contributed by atoms with Crippen LogP contribution in [0.5, 0.6) is 0 Å². The number of aromatic amines is 1. The van der Waals surface area contributed by atoms with Crippen molar-refractivity contribution in [1.29, 1.82) is 0 Å². The van der Waals surface area contributed by atoms with Gasteiger partial charge in [0.05, 0.1) is 5.39 Å². The SMILES string of the molecule is Cc1cc(C)c(Nc2ncnc3[nH]cc(F)c23)cc1C. The van der Waals surface area contributed by atoms with Gasteiger partial charge in [0.25, 0.3) is 0 Å². The van der Waals surface area contributed by atoms with E-state index < -0.39 is 0 Å². The van der Waals surface area contributed by atoms with Crippen LogP contribution >= 0.6 is 0 Å². The van der Waals surface area contributed by atoms with Gasteiger partial charge in [-0.25, -0.2) is 14.4 Å². The van der Waals surface area contributed by atoms with Crippen molar-refractivity contribution in [2.45, 2.75) is 20.8 Å². The molecular formula is C15H15FN4. The van der Waals surface area contributed by atoms with Crippen LogP contribution in [0.3, 0.4) is 0 Å². The van der Waals surface area contributed by atoms with Gasteiger partial charge < -0.3 is 10.3 Å². The zero-order valence-corrected chi connectivity index (χ0v) is 11.6. The molecule has 3 aromatic rings. The second-order valence-electron chi connectivity index (χ2n) is 4.96. The molecule has 0 spiro atoms. The average Bonchev–Trinajstić information content (AvgIpc) is 2.79. The Bertz CT molecular complexity index is 792. The number of aromatic nitrogens is 3. The lowest BCUT2D eigenvalue weighted by molar-refractivity contribution is 0.639. The monoisotopic (exact) mass is 270 g/mol. The summed E-state index contributed by atoms with van der Waals surface area (Å²) in [6.07, 6.45) is 2.70. The molecule has 0 saturated heterocycles. The number of aryl methyl sites for hydroxylation is 3. The molecule has 0 saturated carbocycles. The number of nitrogens with zero attached hydrogens (tertiary/aromatic N) is 2. The van der Waals surface area contributed by atoms with Gasteiger partial charge in [-0.2, -0.15) is 0 Å². The number of H-pyrrole nitrogens is 1.